The third kappa shape index (κ3) is 3.59. The number of benzene rings is 1. The van der Waals surface area contributed by atoms with Crippen molar-refractivity contribution in [3.05, 3.63) is 45.9 Å². The fourth-order valence-corrected chi connectivity index (χ4v) is 3.83. The molecule has 114 valence electrons. The Morgan fingerprint density at radius 3 is 2.81 bits per heavy atom. The molecular formula is C13H15FN2O3S2. The van der Waals surface area contributed by atoms with E-state index in [0.29, 0.717) is 5.56 Å². The molecule has 1 unspecified atom stereocenters. The summed E-state index contributed by atoms with van der Waals surface area (Å²) in [5.74, 6) is -0.686. The van der Waals surface area contributed by atoms with E-state index in [-0.39, 0.29) is 22.7 Å². The minimum absolute atomic E-state index is 0.0123. The lowest BCUT2D eigenvalue weighted by atomic mass is 10.2. The Labute approximate surface area is 126 Å². The van der Waals surface area contributed by atoms with Crippen LogP contribution in [0.4, 0.5) is 10.1 Å². The van der Waals surface area contributed by atoms with Crippen LogP contribution < -0.4 is 10.5 Å². The van der Waals surface area contributed by atoms with Crippen LogP contribution in [0, 0.1) is 12.7 Å². The Balaban J connectivity index is 2.19. The van der Waals surface area contributed by atoms with E-state index < -0.39 is 21.9 Å². The molecule has 0 aliphatic rings. The van der Waals surface area contributed by atoms with Crippen molar-refractivity contribution in [1.82, 2.24) is 4.72 Å². The monoisotopic (exact) mass is 330 g/mol. The largest absolute Gasteiger partial charge is 0.399 e. The molecule has 0 amide bonds. The van der Waals surface area contributed by atoms with Crippen LogP contribution in [0.3, 0.4) is 0 Å². The molecule has 0 radical (unpaired) electrons. The lowest BCUT2D eigenvalue weighted by Gasteiger charge is -2.13. The maximum Gasteiger partial charge on any atom is 0.241 e. The summed E-state index contributed by atoms with van der Waals surface area (Å²) < 4.78 is 40.2. The number of anilines is 1. The molecule has 1 aromatic carbocycles. The Hall–Kier alpha value is -1.48. The Morgan fingerprint density at radius 1 is 1.48 bits per heavy atom. The molecule has 21 heavy (non-hydrogen) atoms. The van der Waals surface area contributed by atoms with Gasteiger partial charge in [-0.2, -0.15) is 11.3 Å². The van der Waals surface area contributed by atoms with E-state index in [1.807, 2.05) is 0 Å². The fraction of sp³-hybridized carbons (Fsp3) is 0.231. The highest BCUT2D eigenvalue weighted by Crippen LogP contribution is 2.22. The van der Waals surface area contributed by atoms with Crippen LogP contribution in [-0.4, -0.2) is 20.1 Å². The fourth-order valence-electron chi connectivity index (χ4n) is 1.80. The van der Waals surface area contributed by atoms with Gasteiger partial charge in [0.15, 0.2) is 0 Å². The Kier molecular flexibility index (Phi) is 4.62. The van der Waals surface area contributed by atoms with Gasteiger partial charge in [0.05, 0.1) is 11.0 Å². The Morgan fingerprint density at radius 2 is 2.19 bits per heavy atom. The van der Waals surface area contributed by atoms with Crippen molar-refractivity contribution in [2.75, 3.05) is 12.3 Å². The molecular weight excluding hydrogens is 315 g/mol. The van der Waals surface area contributed by atoms with Gasteiger partial charge in [0.1, 0.15) is 5.82 Å². The maximum atomic E-state index is 13.6. The molecule has 0 bridgehead atoms. The van der Waals surface area contributed by atoms with Gasteiger partial charge in [-0.05, 0) is 41.4 Å². The first-order valence-electron chi connectivity index (χ1n) is 6.06. The molecule has 0 saturated heterocycles. The van der Waals surface area contributed by atoms with Crippen molar-refractivity contribution < 1.29 is 17.9 Å². The molecule has 1 aromatic heterocycles. The smallest absolute Gasteiger partial charge is 0.241 e. The predicted octanol–water partition coefficient (Wildman–Crippen LogP) is 1.79. The van der Waals surface area contributed by atoms with Gasteiger partial charge >= 0.3 is 0 Å². The minimum atomic E-state index is -3.95. The van der Waals surface area contributed by atoms with Gasteiger partial charge in [-0.1, -0.05) is 0 Å². The van der Waals surface area contributed by atoms with Gasteiger partial charge in [-0.3, -0.25) is 0 Å². The first kappa shape index (κ1) is 15.9. The number of hydrogen-bond acceptors (Lipinski definition) is 5. The van der Waals surface area contributed by atoms with E-state index >= 15 is 0 Å². The number of nitrogen functional groups attached to an aromatic ring is 1. The summed E-state index contributed by atoms with van der Waals surface area (Å²) in [7, 11) is -3.95. The number of halogens is 1. The lowest BCUT2D eigenvalue weighted by Crippen LogP contribution is -2.29. The molecule has 0 aliphatic heterocycles. The number of rotatable bonds is 5. The average molecular weight is 330 g/mol. The molecule has 0 spiro atoms. The SMILES string of the molecule is Cc1c(F)cc(N)cc1S(=O)(=O)NCC(O)c1ccsc1. The molecule has 1 atom stereocenters. The van der Waals surface area contributed by atoms with Crippen molar-refractivity contribution in [1.29, 1.82) is 0 Å². The summed E-state index contributed by atoms with van der Waals surface area (Å²) >= 11 is 1.40. The molecule has 0 saturated carbocycles. The van der Waals surface area contributed by atoms with E-state index in [9.17, 15) is 17.9 Å². The molecule has 4 N–H and O–H groups in total. The van der Waals surface area contributed by atoms with Gasteiger partial charge in [0, 0.05) is 17.8 Å². The number of sulfonamides is 1. The molecule has 8 heteroatoms. The first-order chi connectivity index (χ1) is 9.81. The molecule has 1 heterocycles. The summed E-state index contributed by atoms with van der Waals surface area (Å²) in [6, 6.07) is 3.96. The third-order valence-electron chi connectivity index (χ3n) is 3.00. The van der Waals surface area contributed by atoms with Crippen molar-refractivity contribution in [3.8, 4) is 0 Å². The average Bonchev–Trinajstić information content (AvgIpc) is 2.94. The van der Waals surface area contributed by atoms with E-state index in [2.05, 4.69) is 4.72 Å². The zero-order valence-corrected chi connectivity index (χ0v) is 12.8. The van der Waals surface area contributed by atoms with E-state index in [0.717, 1.165) is 6.07 Å². The van der Waals surface area contributed by atoms with Gasteiger partial charge in [0.25, 0.3) is 0 Å². The van der Waals surface area contributed by atoms with Crippen molar-refractivity contribution in [3.63, 3.8) is 0 Å². The number of nitrogens with two attached hydrogens (primary N) is 1. The van der Waals surface area contributed by atoms with E-state index in [4.69, 9.17) is 5.73 Å². The van der Waals surface area contributed by atoms with Crippen LogP contribution >= 0.6 is 11.3 Å². The first-order valence-corrected chi connectivity index (χ1v) is 8.49. The number of hydrogen-bond donors (Lipinski definition) is 3. The Bertz CT molecular complexity index is 730. The lowest BCUT2D eigenvalue weighted by molar-refractivity contribution is 0.182. The zero-order chi connectivity index (χ0) is 15.6. The highest BCUT2D eigenvalue weighted by atomic mass is 32.2. The van der Waals surface area contributed by atoms with E-state index in [1.165, 1.54) is 24.3 Å². The maximum absolute atomic E-state index is 13.6. The van der Waals surface area contributed by atoms with Crippen molar-refractivity contribution in [2.45, 2.75) is 17.9 Å². The second-order valence-electron chi connectivity index (χ2n) is 4.55. The second-order valence-corrected chi connectivity index (χ2v) is 7.07. The van der Waals surface area contributed by atoms with Crippen LogP contribution in [0.25, 0.3) is 0 Å². The molecule has 2 rings (SSSR count). The predicted molar refractivity (Wildman–Crippen MR) is 80.0 cm³/mol. The number of thiophene rings is 1. The van der Waals surface area contributed by atoms with Crippen molar-refractivity contribution >= 4 is 27.0 Å². The number of aliphatic hydroxyl groups is 1. The summed E-state index contributed by atoms with van der Waals surface area (Å²) in [4.78, 5) is -0.225. The summed E-state index contributed by atoms with van der Waals surface area (Å²) in [5, 5.41) is 13.4. The molecule has 0 fully saturated rings. The van der Waals surface area contributed by atoms with Gasteiger partial charge in [-0.15, -0.1) is 0 Å². The standard InChI is InChI=1S/C13H15FN2O3S2/c1-8-11(14)4-10(15)5-13(8)21(18,19)16-6-12(17)9-2-3-20-7-9/h2-5,7,12,16-17H,6,15H2,1H3. The molecule has 0 aliphatic carbocycles. The van der Waals surface area contributed by atoms with Gasteiger partial charge in [-0.25, -0.2) is 17.5 Å². The summed E-state index contributed by atoms with van der Waals surface area (Å²) in [6.45, 7) is 1.16. The molecule has 2 aromatic rings. The zero-order valence-electron chi connectivity index (χ0n) is 11.2. The number of nitrogens with one attached hydrogen (secondary N) is 1. The van der Waals surface area contributed by atoms with Gasteiger partial charge in [0.2, 0.25) is 10.0 Å². The highest BCUT2D eigenvalue weighted by Gasteiger charge is 2.21. The van der Waals surface area contributed by atoms with Crippen LogP contribution in [0.1, 0.15) is 17.2 Å². The van der Waals surface area contributed by atoms with Crippen LogP contribution in [0.2, 0.25) is 0 Å². The minimum Gasteiger partial charge on any atom is -0.399 e. The van der Waals surface area contributed by atoms with Crippen LogP contribution in [0.15, 0.2) is 33.9 Å². The van der Waals surface area contributed by atoms with Crippen LogP contribution in [0.5, 0.6) is 0 Å². The molecule has 5 nitrogen and oxygen atoms in total. The van der Waals surface area contributed by atoms with Crippen LogP contribution in [-0.2, 0) is 10.0 Å². The third-order valence-corrected chi connectivity index (χ3v) is 5.25. The number of aliphatic hydroxyl groups excluding tert-OH is 1. The second kappa shape index (κ2) is 6.10. The highest BCUT2D eigenvalue weighted by molar-refractivity contribution is 7.89. The quantitative estimate of drug-likeness (QED) is 0.729. The van der Waals surface area contributed by atoms with E-state index in [1.54, 1.807) is 16.8 Å². The normalized spacial score (nSPS) is 13.3. The van der Waals surface area contributed by atoms with Gasteiger partial charge < -0.3 is 10.8 Å². The summed E-state index contributed by atoms with van der Waals surface area (Å²) in [5.41, 5.74) is 6.11. The topological polar surface area (TPSA) is 92.4 Å². The summed E-state index contributed by atoms with van der Waals surface area (Å²) in [6.07, 6.45) is -0.961. The van der Waals surface area contributed by atoms with Crippen molar-refractivity contribution in [2.24, 2.45) is 0 Å².